The zero-order chi connectivity index (χ0) is 19.4. The SMILES string of the molecule is CC(C)CCCC1(O)C(O)=C(C(=O)CC(C)C)C(=O)C1CCC(C)C. The van der Waals surface area contributed by atoms with Gasteiger partial charge in [-0.15, -0.1) is 0 Å². The van der Waals surface area contributed by atoms with Gasteiger partial charge in [-0.2, -0.15) is 0 Å². The van der Waals surface area contributed by atoms with Crippen molar-refractivity contribution >= 4 is 11.6 Å². The molecule has 1 aliphatic rings. The van der Waals surface area contributed by atoms with Gasteiger partial charge in [-0.1, -0.05) is 54.4 Å². The van der Waals surface area contributed by atoms with Crippen molar-refractivity contribution in [2.75, 3.05) is 0 Å². The monoisotopic (exact) mass is 352 g/mol. The van der Waals surface area contributed by atoms with Crippen LogP contribution in [-0.2, 0) is 9.59 Å². The third-order valence-electron chi connectivity index (χ3n) is 5.03. The molecule has 0 bridgehead atoms. The number of allylic oxidation sites excluding steroid dienone is 1. The zero-order valence-corrected chi connectivity index (χ0v) is 16.8. The van der Waals surface area contributed by atoms with Crippen LogP contribution in [0.5, 0.6) is 0 Å². The minimum absolute atomic E-state index is 0.101. The van der Waals surface area contributed by atoms with E-state index in [0.29, 0.717) is 24.7 Å². The minimum Gasteiger partial charge on any atom is -0.508 e. The van der Waals surface area contributed by atoms with Crippen LogP contribution in [-0.4, -0.2) is 27.4 Å². The Morgan fingerprint density at radius 1 is 1.04 bits per heavy atom. The molecule has 0 heterocycles. The molecule has 0 aromatic carbocycles. The smallest absolute Gasteiger partial charge is 0.176 e. The van der Waals surface area contributed by atoms with Crippen molar-refractivity contribution in [3.8, 4) is 0 Å². The van der Waals surface area contributed by atoms with E-state index in [1.807, 2.05) is 13.8 Å². The molecule has 0 spiro atoms. The van der Waals surface area contributed by atoms with E-state index < -0.39 is 11.5 Å². The van der Waals surface area contributed by atoms with E-state index in [0.717, 1.165) is 19.3 Å². The number of hydrogen-bond donors (Lipinski definition) is 2. The summed E-state index contributed by atoms with van der Waals surface area (Å²) in [5.74, 6) is -0.797. The van der Waals surface area contributed by atoms with Crippen molar-refractivity contribution in [3.05, 3.63) is 11.3 Å². The molecule has 2 N–H and O–H groups in total. The van der Waals surface area contributed by atoms with Gasteiger partial charge in [0.25, 0.3) is 0 Å². The molecule has 0 aromatic heterocycles. The average Bonchev–Trinajstić information content (AvgIpc) is 2.63. The molecule has 4 nitrogen and oxygen atoms in total. The van der Waals surface area contributed by atoms with E-state index >= 15 is 0 Å². The molecule has 0 amide bonds. The third kappa shape index (κ3) is 5.40. The highest BCUT2D eigenvalue weighted by Gasteiger charge is 2.54. The topological polar surface area (TPSA) is 74.6 Å². The molecule has 0 saturated heterocycles. The predicted octanol–water partition coefficient (Wildman–Crippen LogP) is 4.61. The summed E-state index contributed by atoms with van der Waals surface area (Å²) in [6, 6.07) is 0. The van der Waals surface area contributed by atoms with Gasteiger partial charge in [-0.25, -0.2) is 0 Å². The summed E-state index contributed by atoms with van der Waals surface area (Å²) >= 11 is 0. The van der Waals surface area contributed by atoms with Gasteiger partial charge >= 0.3 is 0 Å². The fourth-order valence-electron chi connectivity index (χ4n) is 3.57. The summed E-state index contributed by atoms with van der Waals surface area (Å²) in [4.78, 5) is 25.3. The lowest BCUT2D eigenvalue weighted by atomic mass is 9.80. The van der Waals surface area contributed by atoms with E-state index in [9.17, 15) is 19.8 Å². The maximum atomic E-state index is 12.9. The summed E-state index contributed by atoms with van der Waals surface area (Å²) in [7, 11) is 0. The molecule has 4 heteroatoms. The molecule has 0 aliphatic heterocycles. The van der Waals surface area contributed by atoms with Crippen molar-refractivity contribution in [3.63, 3.8) is 0 Å². The Bertz CT molecular complexity index is 516. The van der Waals surface area contributed by atoms with Gasteiger partial charge in [0.05, 0.1) is 5.92 Å². The number of aliphatic hydroxyl groups excluding tert-OH is 1. The highest BCUT2D eigenvalue weighted by molar-refractivity contribution is 6.23. The molecule has 25 heavy (non-hydrogen) atoms. The first kappa shape index (κ1) is 21.9. The number of rotatable bonds is 10. The number of carbonyl (C=O) groups excluding carboxylic acids is 2. The lowest BCUT2D eigenvalue weighted by molar-refractivity contribution is -0.127. The lowest BCUT2D eigenvalue weighted by Gasteiger charge is -2.30. The van der Waals surface area contributed by atoms with Gasteiger partial charge < -0.3 is 10.2 Å². The summed E-state index contributed by atoms with van der Waals surface area (Å²) < 4.78 is 0. The fourth-order valence-corrected chi connectivity index (χ4v) is 3.57. The van der Waals surface area contributed by atoms with Crippen molar-refractivity contribution in [1.29, 1.82) is 0 Å². The van der Waals surface area contributed by atoms with E-state index in [-0.39, 0.29) is 35.2 Å². The van der Waals surface area contributed by atoms with Gasteiger partial charge in [0.1, 0.15) is 16.9 Å². The molecule has 1 rings (SSSR count). The van der Waals surface area contributed by atoms with E-state index in [1.165, 1.54) is 0 Å². The van der Waals surface area contributed by atoms with Gasteiger partial charge in [-0.05, 0) is 37.0 Å². The van der Waals surface area contributed by atoms with Crippen molar-refractivity contribution in [2.24, 2.45) is 23.7 Å². The summed E-state index contributed by atoms with van der Waals surface area (Å²) in [6.45, 7) is 12.1. The molecule has 144 valence electrons. The number of ketones is 2. The van der Waals surface area contributed by atoms with Crippen LogP contribution >= 0.6 is 0 Å². The second kappa shape index (κ2) is 8.98. The Labute approximate surface area is 152 Å². The third-order valence-corrected chi connectivity index (χ3v) is 5.03. The Kier molecular flexibility index (Phi) is 7.86. The molecule has 2 unspecified atom stereocenters. The van der Waals surface area contributed by atoms with Crippen LogP contribution in [0.3, 0.4) is 0 Å². The van der Waals surface area contributed by atoms with Crippen molar-refractivity contribution in [2.45, 2.75) is 85.7 Å². The molecule has 0 aromatic rings. The molecule has 0 radical (unpaired) electrons. The Balaban J connectivity index is 3.11. The molecule has 0 saturated carbocycles. The van der Waals surface area contributed by atoms with Crippen LogP contribution in [0.25, 0.3) is 0 Å². The van der Waals surface area contributed by atoms with Gasteiger partial charge in [0.2, 0.25) is 0 Å². The Hall–Kier alpha value is -1.16. The summed E-state index contributed by atoms with van der Waals surface area (Å²) in [5, 5.41) is 21.8. The average molecular weight is 353 g/mol. The first-order valence-corrected chi connectivity index (χ1v) is 9.74. The Morgan fingerprint density at radius 2 is 1.60 bits per heavy atom. The quantitative estimate of drug-likeness (QED) is 0.563. The fraction of sp³-hybridized carbons (Fsp3) is 0.810. The largest absolute Gasteiger partial charge is 0.508 e. The molecular formula is C21H36O4. The second-order valence-corrected chi connectivity index (χ2v) is 8.84. The second-order valence-electron chi connectivity index (χ2n) is 8.84. The first-order valence-electron chi connectivity index (χ1n) is 9.74. The maximum Gasteiger partial charge on any atom is 0.176 e. The first-order chi connectivity index (χ1) is 11.5. The normalized spacial score (nSPS) is 24.2. The minimum atomic E-state index is -1.58. The Morgan fingerprint density at radius 3 is 2.08 bits per heavy atom. The lowest BCUT2D eigenvalue weighted by Crippen LogP contribution is -2.39. The highest BCUT2D eigenvalue weighted by atomic mass is 16.3. The van der Waals surface area contributed by atoms with Gasteiger partial charge in [-0.3, -0.25) is 9.59 Å². The van der Waals surface area contributed by atoms with Crippen molar-refractivity contribution < 1.29 is 19.8 Å². The maximum absolute atomic E-state index is 12.9. The molecule has 1 aliphatic carbocycles. The van der Waals surface area contributed by atoms with Gasteiger partial charge in [0, 0.05) is 6.42 Å². The van der Waals surface area contributed by atoms with E-state index in [1.54, 1.807) is 0 Å². The molecule has 0 fully saturated rings. The van der Waals surface area contributed by atoms with Crippen LogP contribution in [0.15, 0.2) is 11.3 Å². The highest BCUT2D eigenvalue weighted by Crippen LogP contribution is 2.44. The number of carbonyl (C=O) groups is 2. The summed E-state index contributed by atoms with van der Waals surface area (Å²) in [6.07, 6.45) is 3.44. The van der Waals surface area contributed by atoms with Crippen LogP contribution in [0.4, 0.5) is 0 Å². The number of Topliss-reactive ketones (excluding diaryl/α,β-unsaturated/α-hetero) is 2. The van der Waals surface area contributed by atoms with Crippen LogP contribution in [0.1, 0.15) is 80.1 Å². The standard InChI is InChI=1S/C21H36O4/c1-13(2)8-7-11-21(25)16(10-9-14(3)4)19(23)18(20(21)24)17(22)12-15(5)6/h13-16,24-25H,7-12H2,1-6H3. The zero-order valence-electron chi connectivity index (χ0n) is 16.8. The van der Waals surface area contributed by atoms with Crippen LogP contribution in [0.2, 0.25) is 0 Å². The number of hydrogen-bond acceptors (Lipinski definition) is 4. The van der Waals surface area contributed by atoms with Gasteiger partial charge in [0.15, 0.2) is 11.6 Å². The van der Waals surface area contributed by atoms with E-state index in [4.69, 9.17) is 0 Å². The summed E-state index contributed by atoms with van der Waals surface area (Å²) in [5.41, 5.74) is -1.72. The van der Waals surface area contributed by atoms with E-state index in [2.05, 4.69) is 27.7 Å². The predicted molar refractivity (Wildman–Crippen MR) is 100 cm³/mol. The molecule has 2 atom stereocenters. The van der Waals surface area contributed by atoms with Crippen LogP contribution in [0, 0.1) is 23.7 Å². The number of aliphatic hydroxyl groups is 2. The molecular weight excluding hydrogens is 316 g/mol. The van der Waals surface area contributed by atoms with Crippen molar-refractivity contribution in [1.82, 2.24) is 0 Å². The van der Waals surface area contributed by atoms with Crippen LogP contribution < -0.4 is 0 Å².